The zero-order chi connectivity index (χ0) is 10.1. The molecule has 0 bridgehead atoms. The van der Waals surface area contributed by atoms with Crippen molar-refractivity contribution in [3.63, 3.8) is 0 Å². The lowest BCUT2D eigenvalue weighted by Crippen LogP contribution is -2.46. The smallest absolute Gasteiger partial charge is 0.240 e. The van der Waals surface area contributed by atoms with Crippen molar-refractivity contribution < 1.29 is 4.79 Å². The van der Waals surface area contributed by atoms with Gasteiger partial charge in [0.2, 0.25) is 5.91 Å². The van der Waals surface area contributed by atoms with Gasteiger partial charge in [-0.3, -0.25) is 4.79 Å². The van der Waals surface area contributed by atoms with Gasteiger partial charge in [-0.15, -0.1) is 0 Å². The van der Waals surface area contributed by atoms with E-state index in [9.17, 15) is 4.79 Å². The molecular formula is C10H20N2O. The fourth-order valence-corrected chi connectivity index (χ4v) is 1.50. The molecule has 0 aromatic heterocycles. The van der Waals surface area contributed by atoms with Crippen molar-refractivity contribution in [2.75, 3.05) is 0 Å². The van der Waals surface area contributed by atoms with Crippen molar-refractivity contribution in [3.05, 3.63) is 0 Å². The van der Waals surface area contributed by atoms with Crippen molar-refractivity contribution in [1.29, 1.82) is 0 Å². The van der Waals surface area contributed by atoms with Crippen molar-refractivity contribution >= 4 is 5.91 Å². The summed E-state index contributed by atoms with van der Waals surface area (Å²) >= 11 is 0. The lowest BCUT2D eigenvalue weighted by molar-refractivity contribution is -0.123. The van der Waals surface area contributed by atoms with Crippen LogP contribution in [-0.2, 0) is 4.79 Å². The van der Waals surface area contributed by atoms with Gasteiger partial charge in [0.05, 0.1) is 5.54 Å². The summed E-state index contributed by atoms with van der Waals surface area (Å²) in [4.78, 5) is 11.5. The van der Waals surface area contributed by atoms with Crippen LogP contribution in [-0.4, -0.2) is 17.5 Å². The zero-order valence-corrected chi connectivity index (χ0v) is 8.76. The number of rotatable bonds is 4. The minimum absolute atomic E-state index is 0.0284. The van der Waals surface area contributed by atoms with Crippen LogP contribution in [0.3, 0.4) is 0 Å². The van der Waals surface area contributed by atoms with Gasteiger partial charge >= 0.3 is 0 Å². The van der Waals surface area contributed by atoms with E-state index in [-0.39, 0.29) is 11.9 Å². The first kappa shape index (κ1) is 10.5. The fraction of sp³-hybridized carbons (Fsp3) is 0.900. The van der Waals surface area contributed by atoms with Gasteiger partial charge in [-0.05, 0) is 32.1 Å². The second-order valence-electron chi connectivity index (χ2n) is 4.66. The Balaban J connectivity index is 2.27. The Labute approximate surface area is 80.1 Å². The molecule has 1 saturated carbocycles. The predicted octanol–water partition coefficient (Wildman–Crippen LogP) is 1.03. The minimum Gasteiger partial charge on any atom is -0.352 e. The maximum absolute atomic E-state index is 11.5. The molecule has 0 heterocycles. The Hall–Kier alpha value is -0.570. The highest BCUT2D eigenvalue weighted by atomic mass is 16.2. The van der Waals surface area contributed by atoms with E-state index in [0.717, 1.165) is 19.3 Å². The summed E-state index contributed by atoms with van der Waals surface area (Å²) in [6, 6.07) is 0.244. The summed E-state index contributed by atoms with van der Waals surface area (Å²) < 4.78 is 0. The molecule has 1 fully saturated rings. The maximum Gasteiger partial charge on any atom is 0.240 e. The molecule has 1 rings (SSSR count). The third kappa shape index (κ3) is 2.99. The number of carbonyl (C=O) groups is 1. The Morgan fingerprint density at radius 2 is 2.00 bits per heavy atom. The predicted molar refractivity (Wildman–Crippen MR) is 53.2 cm³/mol. The Morgan fingerprint density at radius 3 is 2.38 bits per heavy atom. The van der Waals surface area contributed by atoms with Gasteiger partial charge in [0.25, 0.3) is 0 Å². The average Bonchev–Trinajstić information content (AvgIpc) is 2.67. The molecule has 3 N–H and O–H groups in total. The summed E-state index contributed by atoms with van der Waals surface area (Å²) in [5.41, 5.74) is 5.23. The highest BCUT2D eigenvalue weighted by Gasteiger charge is 2.46. The summed E-state index contributed by atoms with van der Waals surface area (Å²) in [6.45, 7) is 6.33. The van der Waals surface area contributed by atoms with Gasteiger partial charge in [-0.2, -0.15) is 0 Å². The quantitative estimate of drug-likeness (QED) is 0.685. The highest BCUT2D eigenvalue weighted by Crippen LogP contribution is 2.32. The normalized spacial score (nSPS) is 21.3. The van der Waals surface area contributed by atoms with Crippen LogP contribution >= 0.6 is 0 Å². The molecule has 1 unspecified atom stereocenters. The first-order valence-corrected chi connectivity index (χ1v) is 5.04. The Morgan fingerprint density at radius 1 is 1.46 bits per heavy atom. The molecule has 0 aliphatic heterocycles. The summed E-state index contributed by atoms with van der Waals surface area (Å²) in [7, 11) is 0. The minimum atomic E-state index is -0.523. The molecule has 0 radical (unpaired) electrons. The number of hydrogen-bond donors (Lipinski definition) is 2. The Bertz CT molecular complexity index is 197. The van der Waals surface area contributed by atoms with Crippen molar-refractivity contribution in [3.8, 4) is 0 Å². The lowest BCUT2D eigenvalue weighted by atomic mass is 10.0. The van der Waals surface area contributed by atoms with E-state index in [4.69, 9.17) is 5.73 Å². The van der Waals surface area contributed by atoms with Crippen LogP contribution in [0.4, 0.5) is 0 Å². The molecule has 1 aliphatic carbocycles. The molecule has 3 nitrogen and oxygen atoms in total. The van der Waals surface area contributed by atoms with E-state index in [1.54, 1.807) is 0 Å². The maximum atomic E-state index is 11.5. The number of carbonyl (C=O) groups excluding carboxylic acids is 1. The largest absolute Gasteiger partial charge is 0.352 e. The standard InChI is InChI=1S/C10H20N2O/c1-7(2)6-8(3)12-9(13)10(11)4-5-10/h7-8H,4-6,11H2,1-3H3,(H,12,13). The first-order chi connectivity index (χ1) is 5.94. The second-order valence-corrected chi connectivity index (χ2v) is 4.66. The van der Waals surface area contributed by atoms with Crippen LogP contribution in [0.25, 0.3) is 0 Å². The summed E-state index contributed by atoms with van der Waals surface area (Å²) in [6.07, 6.45) is 2.70. The summed E-state index contributed by atoms with van der Waals surface area (Å²) in [5, 5.41) is 2.95. The molecule has 0 saturated heterocycles. The van der Waals surface area contributed by atoms with Crippen molar-refractivity contribution in [1.82, 2.24) is 5.32 Å². The third-order valence-electron chi connectivity index (χ3n) is 2.44. The van der Waals surface area contributed by atoms with Crippen LogP contribution in [0.2, 0.25) is 0 Å². The molecule has 1 amide bonds. The lowest BCUT2D eigenvalue weighted by Gasteiger charge is -2.18. The molecule has 0 spiro atoms. The summed E-state index contributed by atoms with van der Waals surface area (Å²) in [5.74, 6) is 0.642. The molecular weight excluding hydrogens is 164 g/mol. The third-order valence-corrected chi connectivity index (χ3v) is 2.44. The van der Waals surface area contributed by atoms with Gasteiger partial charge < -0.3 is 11.1 Å². The van der Waals surface area contributed by atoms with E-state index < -0.39 is 5.54 Å². The SMILES string of the molecule is CC(C)CC(C)NC(=O)C1(N)CC1. The average molecular weight is 184 g/mol. The molecule has 13 heavy (non-hydrogen) atoms. The molecule has 3 heteroatoms. The van der Waals surface area contributed by atoms with E-state index in [1.165, 1.54) is 0 Å². The van der Waals surface area contributed by atoms with Crippen LogP contribution in [0.1, 0.15) is 40.0 Å². The number of nitrogens with two attached hydrogens (primary N) is 1. The van der Waals surface area contributed by atoms with E-state index >= 15 is 0 Å². The van der Waals surface area contributed by atoms with E-state index in [1.807, 2.05) is 6.92 Å². The second kappa shape index (κ2) is 3.66. The van der Waals surface area contributed by atoms with Crippen LogP contribution in [0.5, 0.6) is 0 Å². The molecule has 0 aromatic carbocycles. The molecule has 1 aliphatic rings. The Kier molecular flexibility index (Phi) is 2.96. The van der Waals surface area contributed by atoms with Gasteiger partial charge in [-0.25, -0.2) is 0 Å². The van der Waals surface area contributed by atoms with Gasteiger partial charge in [0, 0.05) is 6.04 Å². The van der Waals surface area contributed by atoms with Crippen molar-refractivity contribution in [2.24, 2.45) is 11.7 Å². The number of hydrogen-bond acceptors (Lipinski definition) is 2. The molecule has 76 valence electrons. The van der Waals surface area contributed by atoms with E-state index in [2.05, 4.69) is 19.2 Å². The van der Waals surface area contributed by atoms with Gasteiger partial charge in [0.1, 0.15) is 0 Å². The van der Waals surface area contributed by atoms with E-state index in [0.29, 0.717) is 5.92 Å². The monoisotopic (exact) mass is 184 g/mol. The highest BCUT2D eigenvalue weighted by molar-refractivity contribution is 5.89. The fourth-order valence-electron chi connectivity index (χ4n) is 1.50. The molecule has 0 aromatic rings. The van der Waals surface area contributed by atoms with Crippen LogP contribution in [0, 0.1) is 5.92 Å². The zero-order valence-electron chi connectivity index (χ0n) is 8.76. The van der Waals surface area contributed by atoms with Gasteiger partial charge in [0.15, 0.2) is 0 Å². The van der Waals surface area contributed by atoms with Crippen molar-refractivity contribution in [2.45, 2.75) is 51.6 Å². The number of nitrogens with one attached hydrogen (secondary N) is 1. The first-order valence-electron chi connectivity index (χ1n) is 5.04. The van der Waals surface area contributed by atoms with Gasteiger partial charge in [-0.1, -0.05) is 13.8 Å². The van der Waals surface area contributed by atoms with Crippen LogP contribution in [0.15, 0.2) is 0 Å². The topological polar surface area (TPSA) is 55.1 Å². The van der Waals surface area contributed by atoms with Crippen LogP contribution < -0.4 is 11.1 Å². The number of amides is 1. The molecule has 1 atom stereocenters.